The van der Waals surface area contributed by atoms with Gasteiger partial charge in [-0.3, -0.25) is 4.79 Å². The average molecular weight is 389 g/mol. The van der Waals surface area contributed by atoms with Crippen LogP contribution in [-0.4, -0.2) is 36.0 Å². The summed E-state index contributed by atoms with van der Waals surface area (Å²) in [7, 11) is 1.68. The summed E-state index contributed by atoms with van der Waals surface area (Å²) in [6.45, 7) is 3.96. The Labute approximate surface area is 172 Å². The molecule has 0 fully saturated rings. The van der Waals surface area contributed by atoms with E-state index in [-0.39, 0.29) is 5.91 Å². The first-order valence-corrected chi connectivity index (χ1v) is 9.86. The molecule has 0 atom stereocenters. The van der Waals surface area contributed by atoms with E-state index in [0.29, 0.717) is 18.7 Å². The molecule has 3 aromatic rings. The molecule has 0 saturated heterocycles. The van der Waals surface area contributed by atoms with Crippen LogP contribution < -0.4 is 10.1 Å². The van der Waals surface area contributed by atoms with Crippen molar-refractivity contribution in [2.24, 2.45) is 0 Å². The largest absolute Gasteiger partial charge is 0.496 e. The highest BCUT2D eigenvalue weighted by Crippen LogP contribution is 2.18. The lowest BCUT2D eigenvalue weighted by Gasteiger charge is -2.21. The molecule has 5 heteroatoms. The normalized spacial score (nSPS) is 10.4. The number of carbonyl (C=O) groups is 1. The number of anilines is 1. The molecular formula is C24H27N3O2. The summed E-state index contributed by atoms with van der Waals surface area (Å²) in [6, 6.07) is 21.7. The number of rotatable bonds is 9. The summed E-state index contributed by atoms with van der Waals surface area (Å²) >= 11 is 0. The van der Waals surface area contributed by atoms with Crippen LogP contribution in [0, 0.1) is 0 Å². The molecule has 29 heavy (non-hydrogen) atoms. The number of methoxy groups -OCH3 is 1. The molecule has 1 aromatic heterocycles. The predicted molar refractivity (Wildman–Crippen MR) is 116 cm³/mol. The van der Waals surface area contributed by atoms with Crippen LogP contribution in [0.3, 0.4) is 0 Å². The number of benzene rings is 2. The van der Waals surface area contributed by atoms with E-state index in [9.17, 15) is 4.79 Å². The molecule has 150 valence electrons. The first-order chi connectivity index (χ1) is 14.2. The molecular weight excluding hydrogens is 362 g/mol. The van der Waals surface area contributed by atoms with Gasteiger partial charge < -0.3 is 15.0 Å². The highest BCUT2D eigenvalue weighted by molar-refractivity contribution is 5.94. The summed E-state index contributed by atoms with van der Waals surface area (Å²) in [5, 5.41) is 3.30. The van der Waals surface area contributed by atoms with Gasteiger partial charge in [-0.05, 0) is 42.7 Å². The topological polar surface area (TPSA) is 54.5 Å². The molecule has 0 spiro atoms. The second-order valence-corrected chi connectivity index (χ2v) is 6.73. The second kappa shape index (κ2) is 10.3. The molecule has 0 radical (unpaired) electrons. The number of para-hydroxylation sites is 1. The lowest BCUT2D eigenvalue weighted by Crippen LogP contribution is -2.30. The fourth-order valence-corrected chi connectivity index (χ4v) is 3.17. The monoisotopic (exact) mass is 389 g/mol. The zero-order valence-electron chi connectivity index (χ0n) is 17.0. The minimum atomic E-state index is -0.00979. The molecule has 0 saturated carbocycles. The fraction of sp³-hybridized carbons (Fsp3) is 0.250. The Hall–Kier alpha value is -3.34. The predicted octanol–water partition coefficient (Wildman–Crippen LogP) is 4.41. The van der Waals surface area contributed by atoms with Crippen molar-refractivity contribution in [2.75, 3.05) is 25.5 Å². The molecule has 0 aliphatic carbocycles. The molecule has 0 unspecified atom stereocenters. The zero-order chi connectivity index (χ0) is 20.5. The van der Waals surface area contributed by atoms with Crippen molar-refractivity contribution in [1.82, 2.24) is 9.88 Å². The van der Waals surface area contributed by atoms with Gasteiger partial charge in [0.15, 0.2) is 0 Å². The summed E-state index contributed by atoms with van der Waals surface area (Å²) in [5.41, 5.74) is 2.86. The van der Waals surface area contributed by atoms with E-state index < -0.39 is 0 Å². The van der Waals surface area contributed by atoms with Crippen molar-refractivity contribution >= 4 is 11.7 Å². The number of nitrogens with zero attached hydrogens (tertiary/aromatic N) is 2. The zero-order valence-corrected chi connectivity index (χ0v) is 17.0. The smallest absolute Gasteiger partial charge is 0.255 e. The Morgan fingerprint density at radius 2 is 1.79 bits per heavy atom. The summed E-state index contributed by atoms with van der Waals surface area (Å²) in [6.07, 6.45) is 2.47. The maximum absolute atomic E-state index is 12.8. The van der Waals surface area contributed by atoms with E-state index in [1.807, 2.05) is 72.5 Å². The Balaban J connectivity index is 1.56. The molecule has 1 N–H and O–H groups in total. The molecule has 0 aliphatic heterocycles. The Morgan fingerprint density at radius 3 is 2.48 bits per heavy atom. The minimum Gasteiger partial charge on any atom is -0.496 e. The summed E-state index contributed by atoms with van der Waals surface area (Å²) in [5.74, 6) is 1.63. The fourth-order valence-electron chi connectivity index (χ4n) is 3.17. The van der Waals surface area contributed by atoms with E-state index in [1.165, 1.54) is 0 Å². The van der Waals surface area contributed by atoms with Crippen molar-refractivity contribution in [3.05, 3.63) is 89.6 Å². The van der Waals surface area contributed by atoms with Gasteiger partial charge in [0.2, 0.25) is 0 Å². The third kappa shape index (κ3) is 5.57. The van der Waals surface area contributed by atoms with Crippen molar-refractivity contribution in [3.63, 3.8) is 0 Å². The highest BCUT2D eigenvalue weighted by Gasteiger charge is 2.15. The average Bonchev–Trinajstić information content (AvgIpc) is 2.78. The van der Waals surface area contributed by atoms with Crippen LogP contribution in [0.1, 0.15) is 28.4 Å². The van der Waals surface area contributed by atoms with Crippen LogP contribution in [0.5, 0.6) is 5.75 Å². The van der Waals surface area contributed by atoms with E-state index in [2.05, 4.69) is 16.4 Å². The molecule has 2 aromatic carbocycles. The van der Waals surface area contributed by atoms with Gasteiger partial charge in [-0.2, -0.15) is 0 Å². The molecule has 1 amide bonds. The molecule has 0 bridgehead atoms. The number of nitrogens with one attached hydrogen (secondary N) is 1. The van der Waals surface area contributed by atoms with Gasteiger partial charge in [-0.15, -0.1) is 0 Å². The van der Waals surface area contributed by atoms with Gasteiger partial charge >= 0.3 is 0 Å². The van der Waals surface area contributed by atoms with Gasteiger partial charge in [0.05, 0.1) is 12.7 Å². The number of aromatic nitrogens is 1. The Bertz CT molecular complexity index is 911. The number of hydrogen-bond donors (Lipinski definition) is 1. The first kappa shape index (κ1) is 20.4. The minimum absolute atomic E-state index is 0.00979. The molecule has 0 aliphatic rings. The lowest BCUT2D eigenvalue weighted by atomic mass is 10.1. The van der Waals surface area contributed by atoms with E-state index in [0.717, 1.165) is 35.7 Å². The van der Waals surface area contributed by atoms with Gasteiger partial charge in [0.25, 0.3) is 5.91 Å². The number of amides is 1. The van der Waals surface area contributed by atoms with Gasteiger partial charge in [-0.25, -0.2) is 4.98 Å². The molecule has 1 heterocycles. The number of ether oxygens (including phenoxy) is 1. The van der Waals surface area contributed by atoms with Gasteiger partial charge in [0.1, 0.15) is 11.6 Å². The summed E-state index contributed by atoms with van der Waals surface area (Å²) in [4.78, 5) is 19.0. The highest BCUT2D eigenvalue weighted by atomic mass is 16.5. The lowest BCUT2D eigenvalue weighted by molar-refractivity contribution is 0.0752. The SMILES string of the molecule is CCN(Cc1ccccc1)C(=O)c1ccc(NCCc2ccccc2OC)nc1. The van der Waals surface area contributed by atoms with Crippen molar-refractivity contribution < 1.29 is 9.53 Å². The van der Waals surface area contributed by atoms with Crippen molar-refractivity contribution in [2.45, 2.75) is 19.9 Å². The number of hydrogen-bond acceptors (Lipinski definition) is 4. The standard InChI is InChI=1S/C24H27N3O2/c1-3-27(18-19-9-5-4-6-10-19)24(28)21-13-14-23(26-17-21)25-16-15-20-11-7-8-12-22(20)29-2/h4-14,17H,3,15-16,18H2,1-2H3,(H,25,26). The Kier molecular flexibility index (Phi) is 7.22. The van der Waals surface area contributed by atoms with Gasteiger partial charge in [0, 0.05) is 25.8 Å². The van der Waals surface area contributed by atoms with Gasteiger partial charge in [-0.1, -0.05) is 48.5 Å². The van der Waals surface area contributed by atoms with Crippen LogP contribution in [0.25, 0.3) is 0 Å². The van der Waals surface area contributed by atoms with Crippen LogP contribution in [0.15, 0.2) is 72.9 Å². The number of carbonyl (C=O) groups excluding carboxylic acids is 1. The molecule has 3 rings (SSSR count). The third-order valence-corrected chi connectivity index (χ3v) is 4.79. The van der Waals surface area contributed by atoms with E-state index in [4.69, 9.17) is 4.74 Å². The van der Waals surface area contributed by atoms with Crippen LogP contribution in [0.4, 0.5) is 5.82 Å². The Morgan fingerprint density at radius 1 is 1.03 bits per heavy atom. The third-order valence-electron chi connectivity index (χ3n) is 4.79. The van der Waals surface area contributed by atoms with Crippen LogP contribution in [-0.2, 0) is 13.0 Å². The van der Waals surface area contributed by atoms with Crippen molar-refractivity contribution in [3.8, 4) is 5.75 Å². The second-order valence-electron chi connectivity index (χ2n) is 6.73. The van der Waals surface area contributed by atoms with E-state index >= 15 is 0 Å². The molecule has 5 nitrogen and oxygen atoms in total. The maximum Gasteiger partial charge on any atom is 0.255 e. The number of pyridine rings is 1. The first-order valence-electron chi connectivity index (χ1n) is 9.86. The van der Waals surface area contributed by atoms with E-state index in [1.54, 1.807) is 13.3 Å². The van der Waals surface area contributed by atoms with Crippen molar-refractivity contribution in [1.29, 1.82) is 0 Å². The quantitative estimate of drug-likeness (QED) is 0.589. The summed E-state index contributed by atoms with van der Waals surface area (Å²) < 4.78 is 5.38. The van der Waals surface area contributed by atoms with Crippen LogP contribution in [0.2, 0.25) is 0 Å². The van der Waals surface area contributed by atoms with Crippen LogP contribution >= 0.6 is 0 Å². The maximum atomic E-state index is 12.8.